The van der Waals surface area contributed by atoms with Crippen LogP contribution in [0.1, 0.15) is 37.0 Å². The van der Waals surface area contributed by atoms with Crippen molar-refractivity contribution in [1.29, 1.82) is 0 Å². The first-order valence-electron chi connectivity index (χ1n) is 8.16. The van der Waals surface area contributed by atoms with Gasteiger partial charge in [-0.25, -0.2) is 0 Å². The second-order valence-corrected chi connectivity index (χ2v) is 7.56. The molecule has 1 unspecified atom stereocenters. The molecule has 118 valence electrons. The van der Waals surface area contributed by atoms with Crippen LogP contribution < -0.4 is 5.32 Å². The lowest BCUT2D eigenvalue weighted by Gasteiger charge is -2.44. The first-order chi connectivity index (χ1) is 10.7. The van der Waals surface area contributed by atoms with E-state index >= 15 is 0 Å². The van der Waals surface area contributed by atoms with Crippen LogP contribution in [-0.2, 0) is 9.47 Å². The van der Waals surface area contributed by atoms with E-state index in [1.165, 1.54) is 16.8 Å². The minimum atomic E-state index is 0.0627. The molecule has 1 N–H and O–H groups in total. The van der Waals surface area contributed by atoms with Gasteiger partial charge in [0.05, 0.1) is 19.3 Å². The highest BCUT2D eigenvalue weighted by molar-refractivity contribution is 8.02. The van der Waals surface area contributed by atoms with Crippen LogP contribution in [0.3, 0.4) is 0 Å². The Balaban J connectivity index is 1.72. The summed E-state index contributed by atoms with van der Waals surface area (Å²) in [6.45, 7) is 5.85. The van der Waals surface area contributed by atoms with E-state index in [4.69, 9.17) is 9.47 Å². The van der Waals surface area contributed by atoms with E-state index in [1.54, 1.807) is 0 Å². The third-order valence-electron chi connectivity index (χ3n) is 4.89. The number of rotatable bonds is 2. The third-order valence-corrected chi connectivity index (χ3v) is 5.81. The van der Waals surface area contributed by atoms with Crippen molar-refractivity contribution >= 4 is 17.4 Å². The lowest BCUT2D eigenvalue weighted by Crippen LogP contribution is -2.51. The quantitative estimate of drug-likeness (QED) is 0.895. The molecule has 0 spiro atoms. The molecule has 0 aliphatic carbocycles. The monoisotopic (exact) mass is 317 g/mol. The maximum atomic E-state index is 6.14. The van der Waals surface area contributed by atoms with Gasteiger partial charge in [0.1, 0.15) is 12.2 Å². The smallest absolute Gasteiger partial charge is 0.113 e. The Morgan fingerprint density at radius 1 is 1.23 bits per heavy atom. The van der Waals surface area contributed by atoms with Crippen molar-refractivity contribution in [2.45, 2.75) is 38.0 Å². The Labute approximate surface area is 136 Å². The average molecular weight is 317 g/mol. The molecule has 1 fully saturated rings. The first-order valence-corrected chi connectivity index (χ1v) is 9.21. The Morgan fingerprint density at radius 2 is 2.09 bits per heavy atom. The summed E-state index contributed by atoms with van der Waals surface area (Å²) in [7, 11) is 0. The summed E-state index contributed by atoms with van der Waals surface area (Å²) in [5.74, 6) is 2.17. The third kappa shape index (κ3) is 2.47. The van der Waals surface area contributed by atoms with E-state index in [0.717, 1.165) is 5.75 Å². The Kier molecular flexibility index (Phi) is 3.93. The van der Waals surface area contributed by atoms with Gasteiger partial charge in [0.25, 0.3) is 0 Å². The van der Waals surface area contributed by atoms with E-state index < -0.39 is 0 Å². The molecule has 3 aliphatic rings. The molecule has 3 heterocycles. The summed E-state index contributed by atoms with van der Waals surface area (Å²) in [5.41, 5.74) is 3.84. The van der Waals surface area contributed by atoms with Crippen LogP contribution in [0.4, 0.5) is 5.69 Å². The second-order valence-electron chi connectivity index (χ2n) is 6.62. The van der Waals surface area contributed by atoms with E-state index in [1.807, 2.05) is 11.8 Å². The van der Waals surface area contributed by atoms with Gasteiger partial charge in [0.15, 0.2) is 0 Å². The highest BCUT2D eigenvalue weighted by atomic mass is 32.2. The minimum Gasteiger partial charge on any atom is -0.379 e. The Bertz CT molecular complexity index is 586. The standard InChI is InChI=1S/C18H23NO2S/c1-11(2)12-3-4-15-14(9-12)17-18(21-7-6-20-17)16(19-15)13-5-8-22-10-13/h3-5,8-9,11,13,16-19H,6-7,10H2,1-2H3/t13?,16-,17+,18-/m0/s1. The van der Waals surface area contributed by atoms with Crippen LogP contribution in [-0.4, -0.2) is 31.1 Å². The van der Waals surface area contributed by atoms with Crippen LogP contribution in [0, 0.1) is 5.92 Å². The molecule has 1 aromatic carbocycles. The van der Waals surface area contributed by atoms with Gasteiger partial charge < -0.3 is 14.8 Å². The number of hydrogen-bond donors (Lipinski definition) is 1. The molecule has 4 heteroatoms. The van der Waals surface area contributed by atoms with Crippen molar-refractivity contribution < 1.29 is 9.47 Å². The predicted molar refractivity (Wildman–Crippen MR) is 91.5 cm³/mol. The molecule has 4 atom stereocenters. The van der Waals surface area contributed by atoms with E-state index in [0.29, 0.717) is 31.1 Å². The van der Waals surface area contributed by atoms with Gasteiger partial charge in [0, 0.05) is 22.9 Å². The van der Waals surface area contributed by atoms with Gasteiger partial charge >= 0.3 is 0 Å². The summed E-state index contributed by atoms with van der Waals surface area (Å²) < 4.78 is 12.3. The summed E-state index contributed by atoms with van der Waals surface area (Å²) in [6, 6.07) is 7.05. The van der Waals surface area contributed by atoms with Crippen molar-refractivity contribution in [2.75, 3.05) is 24.3 Å². The largest absolute Gasteiger partial charge is 0.379 e. The van der Waals surface area contributed by atoms with Gasteiger partial charge in [-0.15, -0.1) is 11.8 Å². The van der Waals surface area contributed by atoms with Crippen LogP contribution in [0.5, 0.6) is 0 Å². The molecule has 3 aliphatic heterocycles. The number of fused-ring (bicyclic) bond motifs is 3. The zero-order chi connectivity index (χ0) is 15.1. The first kappa shape index (κ1) is 14.6. The summed E-state index contributed by atoms with van der Waals surface area (Å²) in [6.07, 6.45) is 2.48. The molecule has 1 aromatic rings. The Hall–Kier alpha value is -0.970. The molecule has 0 saturated carbocycles. The molecule has 22 heavy (non-hydrogen) atoms. The molecule has 1 saturated heterocycles. The number of anilines is 1. The molecule has 0 radical (unpaired) electrons. The van der Waals surface area contributed by atoms with Crippen LogP contribution in [0.25, 0.3) is 0 Å². The van der Waals surface area contributed by atoms with Crippen molar-refractivity contribution in [3.8, 4) is 0 Å². The maximum Gasteiger partial charge on any atom is 0.113 e. The van der Waals surface area contributed by atoms with Crippen molar-refractivity contribution in [2.24, 2.45) is 5.92 Å². The topological polar surface area (TPSA) is 30.5 Å². The summed E-state index contributed by atoms with van der Waals surface area (Å²) in [5, 5.41) is 5.95. The van der Waals surface area contributed by atoms with E-state index in [9.17, 15) is 0 Å². The SMILES string of the molecule is CC(C)c1ccc2c(c1)[C@H]1OCCO[C@H]1[C@H](C1C=CSC1)N2. The minimum absolute atomic E-state index is 0.0627. The number of hydrogen-bond acceptors (Lipinski definition) is 4. The van der Waals surface area contributed by atoms with Gasteiger partial charge in [-0.1, -0.05) is 32.1 Å². The van der Waals surface area contributed by atoms with Gasteiger partial charge in [-0.3, -0.25) is 0 Å². The fraction of sp³-hybridized carbons (Fsp3) is 0.556. The highest BCUT2D eigenvalue weighted by Crippen LogP contribution is 2.43. The molecule has 0 bridgehead atoms. The van der Waals surface area contributed by atoms with Gasteiger partial charge in [0.2, 0.25) is 0 Å². The van der Waals surface area contributed by atoms with Gasteiger partial charge in [-0.05, 0) is 23.0 Å². The highest BCUT2D eigenvalue weighted by Gasteiger charge is 2.43. The number of nitrogens with one attached hydrogen (secondary N) is 1. The molecule has 0 aromatic heterocycles. The van der Waals surface area contributed by atoms with Crippen molar-refractivity contribution in [1.82, 2.24) is 0 Å². The zero-order valence-electron chi connectivity index (χ0n) is 13.1. The number of thioether (sulfide) groups is 1. The maximum absolute atomic E-state index is 6.14. The van der Waals surface area contributed by atoms with E-state index in [2.05, 4.69) is 48.8 Å². The average Bonchev–Trinajstić information content (AvgIpc) is 3.08. The fourth-order valence-electron chi connectivity index (χ4n) is 3.62. The Morgan fingerprint density at radius 3 is 2.86 bits per heavy atom. The fourth-order valence-corrected chi connectivity index (χ4v) is 4.59. The van der Waals surface area contributed by atoms with Crippen LogP contribution in [0.2, 0.25) is 0 Å². The molecule has 0 amide bonds. The lowest BCUT2D eigenvalue weighted by molar-refractivity contribution is -0.153. The van der Waals surface area contributed by atoms with Crippen molar-refractivity contribution in [3.63, 3.8) is 0 Å². The summed E-state index contributed by atoms with van der Waals surface area (Å²) >= 11 is 1.89. The van der Waals surface area contributed by atoms with Crippen molar-refractivity contribution in [3.05, 3.63) is 40.8 Å². The van der Waals surface area contributed by atoms with Crippen LogP contribution >= 0.6 is 11.8 Å². The zero-order valence-corrected chi connectivity index (χ0v) is 13.9. The normalized spacial score (nSPS) is 33.4. The molecular formula is C18H23NO2S. The van der Waals surface area contributed by atoms with Gasteiger partial charge in [-0.2, -0.15) is 0 Å². The molecular weight excluding hydrogens is 294 g/mol. The second kappa shape index (κ2) is 5.91. The lowest BCUT2D eigenvalue weighted by atomic mass is 9.84. The molecule has 4 rings (SSSR count). The predicted octanol–water partition coefficient (Wildman–Crippen LogP) is 3.94. The number of ether oxygens (including phenoxy) is 2. The summed E-state index contributed by atoms with van der Waals surface area (Å²) in [4.78, 5) is 0. The van der Waals surface area contributed by atoms with E-state index in [-0.39, 0.29) is 12.2 Å². The number of benzene rings is 1. The molecule has 3 nitrogen and oxygen atoms in total. The van der Waals surface area contributed by atoms with Crippen LogP contribution in [0.15, 0.2) is 29.7 Å².